The van der Waals surface area contributed by atoms with E-state index in [1.54, 1.807) is 12.1 Å². The summed E-state index contributed by atoms with van der Waals surface area (Å²) in [6, 6.07) is 7.03. The summed E-state index contributed by atoms with van der Waals surface area (Å²) in [6.07, 6.45) is 0.519. The molecule has 16 heavy (non-hydrogen) atoms. The maximum absolute atomic E-state index is 11.7. The molecule has 1 saturated heterocycles. The quantitative estimate of drug-likeness (QED) is 0.772. The highest BCUT2D eigenvalue weighted by molar-refractivity contribution is 7.81. The van der Waals surface area contributed by atoms with Gasteiger partial charge in [0.15, 0.2) is 0 Å². The third-order valence-corrected chi connectivity index (χ3v) is 3.33. The van der Waals surface area contributed by atoms with Gasteiger partial charge in [-0.3, -0.25) is 4.79 Å². The fourth-order valence-corrected chi connectivity index (χ4v) is 2.35. The van der Waals surface area contributed by atoms with Crippen LogP contribution in [0.15, 0.2) is 24.3 Å². The number of phenolic OH excluding ortho intramolecular Hbond substituents is 1. The van der Waals surface area contributed by atoms with Crippen molar-refractivity contribution in [2.45, 2.75) is 24.6 Å². The Labute approximate surface area is 100 Å². The van der Waals surface area contributed by atoms with E-state index in [0.717, 1.165) is 5.56 Å². The van der Waals surface area contributed by atoms with Gasteiger partial charge in [0.25, 0.3) is 0 Å². The van der Waals surface area contributed by atoms with Crippen LogP contribution in [-0.4, -0.2) is 27.7 Å². The monoisotopic (exact) mass is 237 g/mol. The molecule has 86 valence electrons. The van der Waals surface area contributed by atoms with E-state index in [-0.39, 0.29) is 22.9 Å². The molecule has 4 heteroatoms. The summed E-state index contributed by atoms with van der Waals surface area (Å²) in [5, 5.41) is 9.35. The molecule has 2 rings (SSSR count). The Balaban J connectivity index is 2.16. The number of thiol groups is 1. The maximum Gasteiger partial charge on any atom is 0.224 e. The van der Waals surface area contributed by atoms with Gasteiger partial charge in [0, 0.05) is 18.2 Å². The second-order valence-corrected chi connectivity index (χ2v) is 4.90. The van der Waals surface area contributed by atoms with E-state index >= 15 is 0 Å². The van der Waals surface area contributed by atoms with Gasteiger partial charge in [0.2, 0.25) is 5.91 Å². The third-order valence-electron chi connectivity index (χ3n) is 2.98. The van der Waals surface area contributed by atoms with E-state index in [9.17, 15) is 9.90 Å². The Morgan fingerprint density at radius 3 is 2.56 bits per heavy atom. The van der Waals surface area contributed by atoms with Gasteiger partial charge in [-0.1, -0.05) is 12.1 Å². The summed E-state index contributed by atoms with van der Waals surface area (Å²) in [6.45, 7) is 2.69. The summed E-state index contributed by atoms with van der Waals surface area (Å²) in [7, 11) is 0. The first-order valence-electron chi connectivity index (χ1n) is 5.34. The van der Waals surface area contributed by atoms with Gasteiger partial charge in [-0.25, -0.2) is 0 Å². The zero-order valence-electron chi connectivity index (χ0n) is 9.13. The SMILES string of the molecule is CC(c1ccc(O)cc1)N1CC(S)CC1=O. The highest BCUT2D eigenvalue weighted by Gasteiger charge is 2.31. The minimum Gasteiger partial charge on any atom is -0.508 e. The third kappa shape index (κ3) is 2.16. The van der Waals surface area contributed by atoms with E-state index in [1.165, 1.54) is 0 Å². The van der Waals surface area contributed by atoms with Crippen molar-refractivity contribution in [3.8, 4) is 5.75 Å². The van der Waals surface area contributed by atoms with E-state index in [4.69, 9.17) is 0 Å². The molecule has 3 nitrogen and oxygen atoms in total. The van der Waals surface area contributed by atoms with Crippen LogP contribution < -0.4 is 0 Å². The van der Waals surface area contributed by atoms with E-state index in [0.29, 0.717) is 13.0 Å². The summed E-state index contributed by atoms with van der Waals surface area (Å²) in [5.41, 5.74) is 1.04. The summed E-state index contributed by atoms with van der Waals surface area (Å²) in [4.78, 5) is 13.5. The van der Waals surface area contributed by atoms with Crippen molar-refractivity contribution in [3.63, 3.8) is 0 Å². The molecule has 0 aromatic heterocycles. The summed E-state index contributed by atoms with van der Waals surface area (Å²) >= 11 is 4.33. The fraction of sp³-hybridized carbons (Fsp3) is 0.417. The minimum absolute atomic E-state index is 0.0465. The number of amides is 1. The molecule has 0 aliphatic carbocycles. The van der Waals surface area contributed by atoms with Crippen LogP contribution in [-0.2, 0) is 4.79 Å². The Morgan fingerprint density at radius 2 is 2.06 bits per heavy atom. The van der Waals surface area contributed by atoms with Gasteiger partial charge >= 0.3 is 0 Å². The number of rotatable bonds is 2. The largest absolute Gasteiger partial charge is 0.508 e. The van der Waals surface area contributed by atoms with Crippen molar-refractivity contribution in [2.24, 2.45) is 0 Å². The number of hydrogen-bond donors (Lipinski definition) is 2. The zero-order valence-corrected chi connectivity index (χ0v) is 10.0. The molecule has 1 amide bonds. The first-order chi connectivity index (χ1) is 7.58. The lowest BCUT2D eigenvalue weighted by Crippen LogP contribution is -2.28. The molecule has 2 unspecified atom stereocenters. The Kier molecular flexibility index (Phi) is 3.10. The molecule has 0 radical (unpaired) electrons. The Hall–Kier alpha value is -1.16. The smallest absolute Gasteiger partial charge is 0.224 e. The van der Waals surface area contributed by atoms with Crippen LogP contribution in [0.4, 0.5) is 0 Å². The lowest BCUT2D eigenvalue weighted by atomic mass is 10.1. The van der Waals surface area contributed by atoms with Crippen molar-refractivity contribution in [3.05, 3.63) is 29.8 Å². The second-order valence-electron chi connectivity index (χ2n) is 4.17. The van der Waals surface area contributed by atoms with Crippen LogP contribution in [0.3, 0.4) is 0 Å². The van der Waals surface area contributed by atoms with Gasteiger partial charge < -0.3 is 10.0 Å². The molecule has 0 saturated carbocycles. The van der Waals surface area contributed by atoms with Crippen LogP contribution in [0.2, 0.25) is 0 Å². The number of benzene rings is 1. The van der Waals surface area contributed by atoms with Crippen LogP contribution in [0.25, 0.3) is 0 Å². The minimum atomic E-state index is 0.0465. The average molecular weight is 237 g/mol. The van der Waals surface area contributed by atoms with Crippen LogP contribution in [0.1, 0.15) is 24.9 Å². The molecule has 1 aromatic rings. The summed E-state index contributed by atoms with van der Waals surface area (Å²) in [5.74, 6) is 0.399. The average Bonchev–Trinajstić information content (AvgIpc) is 2.58. The van der Waals surface area contributed by atoms with Crippen molar-refractivity contribution < 1.29 is 9.90 Å². The molecule has 1 heterocycles. The zero-order chi connectivity index (χ0) is 11.7. The van der Waals surface area contributed by atoms with Crippen LogP contribution in [0, 0.1) is 0 Å². The molecule has 1 aliphatic heterocycles. The standard InChI is InChI=1S/C12H15NO2S/c1-8(9-2-4-10(14)5-3-9)13-7-11(16)6-12(13)15/h2-5,8,11,14,16H,6-7H2,1H3. The number of carbonyl (C=O) groups is 1. The number of nitrogens with zero attached hydrogens (tertiary/aromatic N) is 1. The molecule has 1 fully saturated rings. The van der Waals surface area contributed by atoms with Crippen molar-refractivity contribution >= 4 is 18.5 Å². The Bertz CT molecular complexity index is 391. The lowest BCUT2D eigenvalue weighted by Gasteiger charge is -2.24. The number of likely N-dealkylation sites (tertiary alicyclic amines) is 1. The normalized spacial score (nSPS) is 22.5. The van der Waals surface area contributed by atoms with Crippen molar-refractivity contribution in [1.82, 2.24) is 4.90 Å². The molecule has 0 bridgehead atoms. The van der Waals surface area contributed by atoms with Crippen molar-refractivity contribution in [1.29, 1.82) is 0 Å². The predicted molar refractivity (Wildman–Crippen MR) is 65.6 cm³/mol. The molecule has 1 N–H and O–H groups in total. The molecular weight excluding hydrogens is 222 g/mol. The highest BCUT2D eigenvalue weighted by atomic mass is 32.1. The van der Waals surface area contributed by atoms with E-state index in [1.807, 2.05) is 24.0 Å². The summed E-state index contributed by atoms with van der Waals surface area (Å²) < 4.78 is 0. The highest BCUT2D eigenvalue weighted by Crippen LogP contribution is 2.28. The first kappa shape index (κ1) is 11.3. The second kappa shape index (κ2) is 4.37. The topological polar surface area (TPSA) is 40.5 Å². The molecule has 1 aliphatic rings. The van der Waals surface area contributed by atoms with Crippen LogP contribution in [0.5, 0.6) is 5.75 Å². The maximum atomic E-state index is 11.7. The predicted octanol–water partition coefficient (Wildman–Crippen LogP) is 1.98. The Morgan fingerprint density at radius 1 is 1.44 bits per heavy atom. The van der Waals surface area contributed by atoms with E-state index in [2.05, 4.69) is 12.6 Å². The fourth-order valence-electron chi connectivity index (χ4n) is 2.02. The van der Waals surface area contributed by atoms with Gasteiger partial charge in [-0.2, -0.15) is 12.6 Å². The van der Waals surface area contributed by atoms with Crippen molar-refractivity contribution in [2.75, 3.05) is 6.54 Å². The number of aromatic hydroxyl groups is 1. The van der Waals surface area contributed by atoms with Crippen LogP contribution >= 0.6 is 12.6 Å². The number of hydrogen-bond acceptors (Lipinski definition) is 3. The molecule has 2 atom stereocenters. The van der Waals surface area contributed by atoms with Gasteiger partial charge in [-0.15, -0.1) is 0 Å². The molecule has 1 aromatic carbocycles. The molecular formula is C12H15NO2S. The van der Waals surface area contributed by atoms with Gasteiger partial charge in [0.1, 0.15) is 5.75 Å². The van der Waals surface area contributed by atoms with Gasteiger partial charge in [0.05, 0.1) is 6.04 Å². The number of carbonyl (C=O) groups excluding carboxylic acids is 1. The molecule has 0 spiro atoms. The first-order valence-corrected chi connectivity index (χ1v) is 5.86. The lowest BCUT2D eigenvalue weighted by molar-refractivity contribution is -0.129. The number of phenols is 1. The van der Waals surface area contributed by atoms with E-state index < -0.39 is 0 Å². The van der Waals surface area contributed by atoms with Gasteiger partial charge in [-0.05, 0) is 24.6 Å².